The van der Waals surface area contributed by atoms with Crippen molar-refractivity contribution in [2.45, 2.75) is 40.5 Å². The Labute approximate surface area is 152 Å². The Morgan fingerprint density at radius 3 is 2.52 bits per heavy atom. The molecule has 4 nitrogen and oxygen atoms in total. The molecular weight excluding hydrogens is 308 g/mol. The van der Waals surface area contributed by atoms with E-state index in [1.165, 1.54) is 12.0 Å². The maximum Gasteiger partial charge on any atom is 0.0734 e. The third kappa shape index (κ3) is 6.96. The molecule has 1 aromatic carbocycles. The number of aryl methyl sites for hydroxylation is 1. The zero-order chi connectivity index (χ0) is 18.7. The van der Waals surface area contributed by atoms with Gasteiger partial charge in [0, 0.05) is 38.1 Å². The first-order valence-electron chi connectivity index (χ1n) is 8.91. The molecule has 0 heterocycles. The van der Waals surface area contributed by atoms with Gasteiger partial charge in [0.25, 0.3) is 0 Å². The topological polar surface area (TPSA) is 48.8 Å². The van der Waals surface area contributed by atoms with Crippen LogP contribution in [0.25, 0.3) is 0 Å². The summed E-state index contributed by atoms with van der Waals surface area (Å²) in [5.41, 5.74) is 6.25. The average molecular weight is 341 g/mol. The summed E-state index contributed by atoms with van der Waals surface area (Å²) < 4.78 is 0. The van der Waals surface area contributed by atoms with Crippen LogP contribution >= 0.6 is 0 Å². The highest BCUT2D eigenvalue weighted by molar-refractivity contribution is 6.10. The lowest BCUT2D eigenvalue weighted by Crippen LogP contribution is -2.15. The summed E-state index contributed by atoms with van der Waals surface area (Å²) in [5.74, 6) is 0. The van der Waals surface area contributed by atoms with E-state index in [0.717, 1.165) is 41.3 Å². The van der Waals surface area contributed by atoms with Gasteiger partial charge in [0.05, 0.1) is 17.1 Å². The predicted octanol–water partition coefficient (Wildman–Crippen LogP) is 4.23. The fourth-order valence-corrected chi connectivity index (χ4v) is 2.46. The lowest BCUT2D eigenvalue weighted by Gasteiger charge is -2.11. The molecule has 0 aliphatic rings. The van der Waals surface area contributed by atoms with Gasteiger partial charge in [-0.15, -0.1) is 0 Å². The first-order valence-corrected chi connectivity index (χ1v) is 8.91. The van der Waals surface area contributed by atoms with Crippen molar-refractivity contribution in [3.05, 3.63) is 58.6 Å². The van der Waals surface area contributed by atoms with Crippen molar-refractivity contribution in [1.82, 2.24) is 10.6 Å². The molecule has 4 heteroatoms. The first kappa shape index (κ1) is 20.7. The number of rotatable bonds is 9. The van der Waals surface area contributed by atoms with Gasteiger partial charge in [-0.2, -0.15) is 0 Å². The quantitative estimate of drug-likeness (QED) is 0.522. The molecule has 0 aromatic heterocycles. The molecule has 0 bridgehead atoms. The number of nitrogens with one attached hydrogen (secondary N) is 2. The van der Waals surface area contributed by atoms with Gasteiger partial charge in [-0.3, -0.25) is 9.98 Å². The molecule has 0 atom stereocenters. The van der Waals surface area contributed by atoms with Crippen LogP contribution in [-0.2, 0) is 0 Å². The van der Waals surface area contributed by atoms with E-state index in [1.54, 1.807) is 13.3 Å². The highest BCUT2D eigenvalue weighted by Gasteiger charge is 2.06. The van der Waals surface area contributed by atoms with Crippen molar-refractivity contribution in [2.75, 3.05) is 20.6 Å². The summed E-state index contributed by atoms with van der Waals surface area (Å²) in [5, 5.41) is 6.62. The lowest BCUT2D eigenvalue weighted by molar-refractivity contribution is 0.711. The highest BCUT2D eigenvalue weighted by atomic mass is 14.9. The van der Waals surface area contributed by atoms with E-state index in [2.05, 4.69) is 66.7 Å². The highest BCUT2D eigenvalue weighted by Crippen LogP contribution is 2.13. The van der Waals surface area contributed by atoms with Crippen LogP contribution in [-0.4, -0.2) is 32.6 Å². The maximum absolute atomic E-state index is 4.89. The van der Waals surface area contributed by atoms with Crippen molar-refractivity contribution >= 4 is 11.9 Å². The molecule has 0 aliphatic carbocycles. The fraction of sp³-hybridized carbons (Fsp3) is 0.429. The molecule has 1 aromatic rings. The third-order valence-electron chi connectivity index (χ3n) is 3.91. The van der Waals surface area contributed by atoms with Gasteiger partial charge in [-0.05, 0) is 38.8 Å². The summed E-state index contributed by atoms with van der Waals surface area (Å²) >= 11 is 0. The molecule has 0 spiro atoms. The second-order valence-electron chi connectivity index (χ2n) is 6.06. The minimum absolute atomic E-state index is 0.906. The van der Waals surface area contributed by atoms with Crippen LogP contribution < -0.4 is 10.6 Å². The van der Waals surface area contributed by atoms with Crippen LogP contribution in [0, 0.1) is 6.92 Å². The molecule has 25 heavy (non-hydrogen) atoms. The number of aliphatic imine (C=N–C) groups is 2. The molecular formula is C21H32N4. The van der Waals surface area contributed by atoms with Crippen molar-refractivity contribution in [3.63, 3.8) is 0 Å². The van der Waals surface area contributed by atoms with Crippen molar-refractivity contribution in [1.29, 1.82) is 0 Å². The standard InChI is InChI=1S/C21H32N4/c1-7-8-13-24-17(3)14-20(19-12-10-9-11-16(19)2)25-18(4)21(23-6)15-22-5/h9-12,14-15,23-24H,7-8,13H2,1-6H3/b17-14+,21-18-,22-15?,25-20-. The van der Waals surface area contributed by atoms with Crippen LogP contribution in [0.1, 0.15) is 44.7 Å². The molecule has 0 saturated heterocycles. The van der Waals surface area contributed by atoms with Gasteiger partial charge in [0.15, 0.2) is 0 Å². The normalized spacial score (nSPS) is 13.8. The fourth-order valence-electron chi connectivity index (χ4n) is 2.46. The lowest BCUT2D eigenvalue weighted by atomic mass is 10.0. The van der Waals surface area contributed by atoms with Crippen LogP contribution in [0.15, 0.2) is 57.4 Å². The smallest absolute Gasteiger partial charge is 0.0734 e. The van der Waals surface area contributed by atoms with Gasteiger partial charge >= 0.3 is 0 Å². The van der Waals surface area contributed by atoms with Gasteiger partial charge < -0.3 is 10.6 Å². The van der Waals surface area contributed by atoms with Crippen LogP contribution in [0.3, 0.4) is 0 Å². The maximum atomic E-state index is 4.89. The Balaban J connectivity index is 3.31. The second-order valence-corrected chi connectivity index (χ2v) is 6.06. The van der Waals surface area contributed by atoms with E-state index in [-0.39, 0.29) is 0 Å². The summed E-state index contributed by atoms with van der Waals surface area (Å²) in [6, 6.07) is 8.34. The minimum Gasteiger partial charge on any atom is -0.389 e. The molecule has 1 rings (SSSR count). The Morgan fingerprint density at radius 2 is 1.92 bits per heavy atom. The van der Waals surface area contributed by atoms with E-state index < -0.39 is 0 Å². The number of allylic oxidation sites excluding steroid dienone is 4. The summed E-state index contributed by atoms with van der Waals surface area (Å²) in [6.45, 7) is 9.39. The van der Waals surface area contributed by atoms with E-state index in [1.807, 2.05) is 14.0 Å². The van der Waals surface area contributed by atoms with Gasteiger partial charge in [0.1, 0.15) is 0 Å². The van der Waals surface area contributed by atoms with Crippen LogP contribution in [0.4, 0.5) is 0 Å². The van der Waals surface area contributed by atoms with Crippen molar-refractivity contribution < 1.29 is 0 Å². The zero-order valence-corrected chi connectivity index (χ0v) is 16.5. The SMILES string of the molecule is CCCCN/C(C)=C/C(=N/C(C)=C(/C=NC)NC)c1ccccc1C. The molecule has 136 valence electrons. The van der Waals surface area contributed by atoms with E-state index in [4.69, 9.17) is 4.99 Å². The van der Waals surface area contributed by atoms with Crippen molar-refractivity contribution in [2.24, 2.45) is 9.98 Å². The number of hydrogen-bond donors (Lipinski definition) is 2. The van der Waals surface area contributed by atoms with Crippen LogP contribution in [0.5, 0.6) is 0 Å². The van der Waals surface area contributed by atoms with E-state index >= 15 is 0 Å². The Morgan fingerprint density at radius 1 is 1.20 bits per heavy atom. The number of hydrogen-bond acceptors (Lipinski definition) is 4. The molecule has 0 amide bonds. The first-order chi connectivity index (χ1) is 12.0. The third-order valence-corrected chi connectivity index (χ3v) is 3.91. The summed E-state index contributed by atoms with van der Waals surface area (Å²) in [4.78, 5) is 8.99. The molecule has 2 N–H and O–H groups in total. The van der Waals surface area contributed by atoms with Gasteiger partial charge in [-0.1, -0.05) is 37.6 Å². The van der Waals surface area contributed by atoms with E-state index in [9.17, 15) is 0 Å². The largest absolute Gasteiger partial charge is 0.389 e. The molecule has 0 aliphatic heterocycles. The van der Waals surface area contributed by atoms with E-state index in [0.29, 0.717) is 0 Å². The number of nitrogens with zero attached hydrogens (tertiary/aromatic N) is 2. The van der Waals surface area contributed by atoms with Gasteiger partial charge in [0.2, 0.25) is 0 Å². The molecule has 0 fully saturated rings. The zero-order valence-electron chi connectivity index (χ0n) is 16.5. The minimum atomic E-state index is 0.906. The summed E-state index contributed by atoms with van der Waals surface area (Å²) in [6.07, 6.45) is 6.27. The molecule has 0 radical (unpaired) electrons. The number of unbranched alkanes of at least 4 members (excludes halogenated alkanes) is 1. The second kappa shape index (κ2) is 11.2. The number of benzene rings is 1. The Hall–Kier alpha value is -2.36. The Bertz CT molecular complexity index is 666. The van der Waals surface area contributed by atoms with Crippen molar-refractivity contribution in [3.8, 4) is 0 Å². The average Bonchev–Trinajstić information content (AvgIpc) is 2.59. The molecule has 0 unspecified atom stereocenters. The molecule has 0 saturated carbocycles. The Kier molecular flexibility index (Phi) is 9.30. The summed E-state index contributed by atoms with van der Waals surface area (Å²) in [7, 11) is 3.65. The predicted molar refractivity (Wildman–Crippen MR) is 111 cm³/mol. The van der Waals surface area contributed by atoms with Crippen LogP contribution in [0.2, 0.25) is 0 Å². The van der Waals surface area contributed by atoms with Gasteiger partial charge in [-0.25, -0.2) is 0 Å². The monoisotopic (exact) mass is 340 g/mol.